The molecular weight excluding hydrogens is 286 g/mol. The van der Waals surface area contributed by atoms with E-state index in [9.17, 15) is 13.6 Å². The lowest BCUT2D eigenvalue weighted by Crippen LogP contribution is -2.30. The molecule has 16 heavy (non-hydrogen) atoms. The van der Waals surface area contributed by atoms with Gasteiger partial charge in [-0.1, -0.05) is 0 Å². The highest BCUT2D eigenvalue weighted by molar-refractivity contribution is 9.10. The fourth-order valence-electron chi connectivity index (χ4n) is 0.917. The van der Waals surface area contributed by atoms with Crippen molar-refractivity contribution in [1.82, 2.24) is 9.97 Å². The van der Waals surface area contributed by atoms with Crippen LogP contribution in [0.1, 0.15) is 18.4 Å². The zero-order valence-corrected chi connectivity index (χ0v) is 10.2. The van der Waals surface area contributed by atoms with Crippen LogP contribution in [0.25, 0.3) is 0 Å². The van der Waals surface area contributed by atoms with Crippen molar-refractivity contribution in [2.45, 2.75) is 19.8 Å². The normalized spacial score (nSPS) is 11.3. The highest BCUT2D eigenvalue weighted by Crippen LogP contribution is 2.27. The van der Waals surface area contributed by atoms with Gasteiger partial charge in [0.15, 0.2) is 0 Å². The standard InChI is InChI=1S/C9H9BrF2N2O2/c1-3-16-8(15)9(11,12)7-13-4-6(10)5(2)14-7/h4H,3H2,1-2H3. The van der Waals surface area contributed by atoms with E-state index in [-0.39, 0.29) is 6.61 Å². The number of aromatic nitrogens is 2. The quantitative estimate of drug-likeness (QED) is 0.802. The van der Waals surface area contributed by atoms with Crippen molar-refractivity contribution in [2.24, 2.45) is 0 Å². The summed E-state index contributed by atoms with van der Waals surface area (Å²) in [4.78, 5) is 17.9. The lowest BCUT2D eigenvalue weighted by molar-refractivity contribution is -0.174. The van der Waals surface area contributed by atoms with E-state index in [0.29, 0.717) is 10.2 Å². The average Bonchev–Trinajstić information content (AvgIpc) is 2.22. The van der Waals surface area contributed by atoms with Crippen molar-refractivity contribution in [3.63, 3.8) is 0 Å². The van der Waals surface area contributed by atoms with Crippen LogP contribution in [-0.2, 0) is 15.5 Å². The summed E-state index contributed by atoms with van der Waals surface area (Å²) in [6, 6.07) is 0. The van der Waals surface area contributed by atoms with Crippen LogP contribution in [0.15, 0.2) is 10.7 Å². The summed E-state index contributed by atoms with van der Waals surface area (Å²) in [5, 5.41) is 0. The molecular formula is C9H9BrF2N2O2. The molecule has 0 saturated carbocycles. The Morgan fingerprint density at radius 3 is 2.75 bits per heavy atom. The van der Waals surface area contributed by atoms with Gasteiger partial charge in [-0.15, -0.1) is 0 Å². The monoisotopic (exact) mass is 294 g/mol. The largest absolute Gasteiger partial charge is 0.461 e. The minimum atomic E-state index is -3.82. The van der Waals surface area contributed by atoms with Gasteiger partial charge in [-0.25, -0.2) is 14.8 Å². The van der Waals surface area contributed by atoms with E-state index in [1.165, 1.54) is 20.0 Å². The summed E-state index contributed by atoms with van der Waals surface area (Å²) in [6.45, 7) is 2.85. The van der Waals surface area contributed by atoms with Gasteiger partial charge in [0.1, 0.15) is 0 Å². The van der Waals surface area contributed by atoms with E-state index in [0.717, 1.165) is 0 Å². The van der Waals surface area contributed by atoms with Crippen LogP contribution in [0.3, 0.4) is 0 Å². The molecule has 0 atom stereocenters. The van der Waals surface area contributed by atoms with Crippen molar-refractivity contribution in [3.05, 3.63) is 22.2 Å². The number of hydrogen-bond donors (Lipinski definition) is 0. The maximum atomic E-state index is 13.4. The van der Waals surface area contributed by atoms with Crippen molar-refractivity contribution in [1.29, 1.82) is 0 Å². The fraction of sp³-hybridized carbons (Fsp3) is 0.444. The van der Waals surface area contributed by atoms with E-state index < -0.39 is 17.7 Å². The van der Waals surface area contributed by atoms with Gasteiger partial charge in [-0.2, -0.15) is 8.78 Å². The van der Waals surface area contributed by atoms with Crippen LogP contribution in [-0.4, -0.2) is 22.5 Å². The van der Waals surface area contributed by atoms with Gasteiger partial charge in [0.2, 0.25) is 5.82 Å². The number of rotatable bonds is 3. The second-order valence-corrected chi connectivity index (χ2v) is 3.78. The molecule has 0 saturated heterocycles. The first-order valence-corrected chi connectivity index (χ1v) is 5.23. The maximum Gasteiger partial charge on any atom is 0.401 e. The van der Waals surface area contributed by atoms with Crippen molar-refractivity contribution in [2.75, 3.05) is 6.61 Å². The van der Waals surface area contributed by atoms with Crippen LogP contribution in [0.4, 0.5) is 8.78 Å². The third-order valence-corrected chi connectivity index (χ3v) is 2.51. The lowest BCUT2D eigenvalue weighted by atomic mass is 10.3. The number of hydrogen-bond acceptors (Lipinski definition) is 4. The van der Waals surface area contributed by atoms with Gasteiger partial charge in [0.25, 0.3) is 0 Å². The van der Waals surface area contributed by atoms with Crippen molar-refractivity contribution >= 4 is 21.9 Å². The Labute approximate surface area is 99.2 Å². The number of nitrogens with zero attached hydrogens (tertiary/aromatic N) is 2. The molecule has 0 spiro atoms. The molecule has 0 radical (unpaired) electrons. The van der Waals surface area contributed by atoms with Crippen LogP contribution in [0.5, 0.6) is 0 Å². The minimum absolute atomic E-state index is 0.121. The van der Waals surface area contributed by atoms with E-state index in [4.69, 9.17) is 0 Å². The molecule has 88 valence electrons. The van der Waals surface area contributed by atoms with Gasteiger partial charge in [0, 0.05) is 6.20 Å². The number of halogens is 3. The lowest BCUT2D eigenvalue weighted by Gasteiger charge is -2.13. The predicted molar refractivity (Wildman–Crippen MR) is 55.0 cm³/mol. The molecule has 0 unspecified atom stereocenters. The summed E-state index contributed by atoms with van der Waals surface area (Å²) in [5.41, 5.74) is 0.328. The van der Waals surface area contributed by atoms with Crippen LogP contribution in [0, 0.1) is 6.92 Å². The number of carbonyl (C=O) groups is 1. The fourth-order valence-corrected chi connectivity index (χ4v) is 1.11. The van der Waals surface area contributed by atoms with Gasteiger partial charge in [0.05, 0.1) is 16.8 Å². The molecule has 1 aromatic rings. The zero-order chi connectivity index (χ0) is 12.3. The first-order valence-electron chi connectivity index (χ1n) is 4.44. The summed E-state index contributed by atoms with van der Waals surface area (Å²) in [6.07, 6.45) is 1.17. The Morgan fingerprint density at radius 1 is 1.62 bits per heavy atom. The molecule has 0 N–H and O–H groups in total. The number of alkyl halides is 2. The SMILES string of the molecule is CCOC(=O)C(F)(F)c1ncc(Br)c(C)n1. The molecule has 1 aromatic heterocycles. The van der Waals surface area contributed by atoms with Crippen molar-refractivity contribution < 1.29 is 18.3 Å². The van der Waals surface area contributed by atoms with Gasteiger partial charge < -0.3 is 4.74 Å². The summed E-state index contributed by atoms with van der Waals surface area (Å²) < 4.78 is 31.6. The molecule has 0 amide bonds. The first kappa shape index (κ1) is 13.0. The molecule has 0 aromatic carbocycles. The smallest absolute Gasteiger partial charge is 0.401 e. The number of ether oxygens (including phenoxy) is 1. The second-order valence-electron chi connectivity index (χ2n) is 2.92. The molecule has 1 rings (SSSR count). The Morgan fingerprint density at radius 2 is 2.25 bits per heavy atom. The summed E-state index contributed by atoms with van der Waals surface area (Å²) >= 11 is 3.08. The van der Waals surface area contributed by atoms with Crippen LogP contribution >= 0.6 is 15.9 Å². The molecule has 1 heterocycles. The van der Waals surface area contributed by atoms with Gasteiger partial charge in [-0.05, 0) is 29.8 Å². The van der Waals surface area contributed by atoms with E-state index >= 15 is 0 Å². The summed E-state index contributed by atoms with van der Waals surface area (Å²) in [7, 11) is 0. The third kappa shape index (κ3) is 2.52. The minimum Gasteiger partial charge on any atom is -0.461 e. The maximum absolute atomic E-state index is 13.4. The molecule has 7 heteroatoms. The highest BCUT2D eigenvalue weighted by Gasteiger charge is 2.46. The molecule has 0 aliphatic rings. The molecule has 4 nitrogen and oxygen atoms in total. The first-order chi connectivity index (χ1) is 7.39. The number of carbonyl (C=O) groups excluding carboxylic acids is 1. The van der Waals surface area contributed by atoms with Crippen molar-refractivity contribution in [3.8, 4) is 0 Å². The molecule has 0 aliphatic carbocycles. The number of esters is 1. The molecule has 0 aliphatic heterocycles. The Balaban J connectivity index is 3.06. The Bertz CT molecular complexity index is 412. The Hall–Kier alpha value is -1.11. The molecule has 0 bridgehead atoms. The van der Waals surface area contributed by atoms with Crippen LogP contribution < -0.4 is 0 Å². The topological polar surface area (TPSA) is 52.1 Å². The molecule has 0 fully saturated rings. The number of aryl methyl sites for hydroxylation is 1. The van der Waals surface area contributed by atoms with Crippen LogP contribution in [0.2, 0.25) is 0 Å². The Kier molecular flexibility index (Phi) is 3.90. The van der Waals surface area contributed by atoms with E-state index in [1.807, 2.05) is 0 Å². The predicted octanol–water partition coefficient (Wildman–Crippen LogP) is 2.20. The van der Waals surface area contributed by atoms with Gasteiger partial charge >= 0.3 is 11.9 Å². The van der Waals surface area contributed by atoms with E-state index in [2.05, 4.69) is 30.6 Å². The zero-order valence-electron chi connectivity index (χ0n) is 8.63. The second kappa shape index (κ2) is 4.82. The third-order valence-electron chi connectivity index (χ3n) is 1.73. The van der Waals surface area contributed by atoms with E-state index in [1.54, 1.807) is 0 Å². The summed E-state index contributed by atoms with van der Waals surface area (Å²) in [5.74, 6) is -6.31. The van der Waals surface area contributed by atoms with Gasteiger partial charge in [-0.3, -0.25) is 0 Å². The average molecular weight is 295 g/mol. The highest BCUT2D eigenvalue weighted by atomic mass is 79.9.